The molecule has 0 aromatic rings. The molecule has 182 valence electrons. The highest BCUT2D eigenvalue weighted by molar-refractivity contribution is 5.85. The number of Topliss-reactive ketones (excluding diaryl/α,β-unsaturated/α-hetero) is 1. The lowest BCUT2D eigenvalue weighted by atomic mass is 9.81. The van der Waals surface area contributed by atoms with Crippen molar-refractivity contribution in [3.63, 3.8) is 0 Å². The Balaban J connectivity index is 2.92. The number of alkyl halides is 2. The molecule has 3 atom stereocenters. The molecular weight excluding hydrogens is 396 g/mol. The van der Waals surface area contributed by atoms with Gasteiger partial charge < -0.3 is 4.90 Å². The molecule has 31 heavy (non-hydrogen) atoms. The third-order valence-corrected chi connectivity index (χ3v) is 7.16. The standard InChI is InChI=1S/C26H47F2NO2/c1-8-12-13-21(9-2)23(30)22(10-3)16-20(7)18-29(25(11-4)14-15-25)24(31)26(27,28)17-19(5)6/h19-22H,8-18H2,1-7H3/t20-,21+,22?/m1/s1. The highest BCUT2D eigenvalue weighted by atomic mass is 19.3. The fourth-order valence-corrected chi connectivity index (χ4v) is 4.94. The Morgan fingerprint density at radius 1 is 1.00 bits per heavy atom. The first kappa shape index (κ1) is 28.0. The summed E-state index contributed by atoms with van der Waals surface area (Å²) in [5.74, 6) is -4.21. The minimum atomic E-state index is -3.33. The largest absolute Gasteiger partial charge is 0.332 e. The smallest absolute Gasteiger partial charge is 0.325 e. The first-order chi connectivity index (χ1) is 14.5. The molecule has 0 aliphatic heterocycles. The van der Waals surface area contributed by atoms with Crippen molar-refractivity contribution in [2.45, 2.75) is 124 Å². The zero-order chi connectivity index (χ0) is 23.8. The molecule has 0 bridgehead atoms. The molecule has 0 N–H and O–H groups in total. The molecule has 0 heterocycles. The molecule has 1 amide bonds. The molecular formula is C26H47F2NO2. The first-order valence-corrected chi connectivity index (χ1v) is 12.7. The second-order valence-corrected chi connectivity index (χ2v) is 10.4. The number of unbranched alkanes of at least 4 members (excludes halogenated alkanes) is 1. The van der Waals surface area contributed by atoms with Crippen LogP contribution in [0.4, 0.5) is 8.78 Å². The van der Waals surface area contributed by atoms with Crippen LogP contribution in [0.1, 0.15) is 113 Å². The van der Waals surface area contributed by atoms with E-state index in [0.29, 0.717) is 25.2 Å². The van der Waals surface area contributed by atoms with Crippen molar-refractivity contribution in [1.82, 2.24) is 4.90 Å². The van der Waals surface area contributed by atoms with E-state index in [1.165, 1.54) is 4.90 Å². The van der Waals surface area contributed by atoms with Gasteiger partial charge in [0.1, 0.15) is 5.78 Å². The molecule has 0 saturated heterocycles. The predicted molar refractivity (Wildman–Crippen MR) is 124 cm³/mol. The van der Waals surface area contributed by atoms with Crippen LogP contribution < -0.4 is 0 Å². The number of rotatable bonds is 16. The quantitative estimate of drug-likeness (QED) is 0.251. The normalized spacial score (nSPS) is 18.5. The van der Waals surface area contributed by atoms with Gasteiger partial charge in [-0.25, -0.2) is 0 Å². The van der Waals surface area contributed by atoms with E-state index < -0.39 is 23.8 Å². The highest BCUT2D eigenvalue weighted by Gasteiger charge is 2.54. The van der Waals surface area contributed by atoms with Crippen molar-refractivity contribution in [2.24, 2.45) is 23.7 Å². The summed E-state index contributed by atoms with van der Waals surface area (Å²) in [6.45, 7) is 14.0. The van der Waals surface area contributed by atoms with Crippen LogP contribution in [0.15, 0.2) is 0 Å². The van der Waals surface area contributed by atoms with Gasteiger partial charge in [-0.05, 0) is 56.8 Å². The fourth-order valence-electron chi connectivity index (χ4n) is 4.94. The molecule has 0 aromatic carbocycles. The molecule has 0 radical (unpaired) electrons. The highest BCUT2D eigenvalue weighted by Crippen LogP contribution is 2.47. The summed E-state index contributed by atoms with van der Waals surface area (Å²) >= 11 is 0. The van der Waals surface area contributed by atoms with E-state index in [4.69, 9.17) is 0 Å². The van der Waals surface area contributed by atoms with Crippen LogP contribution in [0.3, 0.4) is 0 Å². The topological polar surface area (TPSA) is 37.4 Å². The van der Waals surface area contributed by atoms with E-state index >= 15 is 0 Å². The maximum Gasteiger partial charge on any atom is 0.325 e. The Labute approximate surface area is 189 Å². The third kappa shape index (κ3) is 7.82. The van der Waals surface area contributed by atoms with E-state index in [1.54, 1.807) is 13.8 Å². The predicted octanol–water partition coefficient (Wildman–Crippen LogP) is 7.28. The van der Waals surface area contributed by atoms with Gasteiger partial charge in [0.05, 0.1) is 0 Å². The average Bonchev–Trinajstić information content (AvgIpc) is 3.50. The number of halogens is 2. The summed E-state index contributed by atoms with van der Waals surface area (Å²) in [5.41, 5.74) is -0.412. The van der Waals surface area contributed by atoms with Crippen LogP contribution in [0.5, 0.6) is 0 Å². The Hall–Kier alpha value is -1.00. The molecule has 1 aliphatic carbocycles. The summed E-state index contributed by atoms with van der Waals surface area (Å²) < 4.78 is 29.5. The van der Waals surface area contributed by atoms with Gasteiger partial charge in [0.15, 0.2) is 0 Å². The minimum absolute atomic E-state index is 0.0143. The molecule has 0 aromatic heterocycles. The van der Waals surface area contributed by atoms with Crippen molar-refractivity contribution in [2.75, 3.05) is 6.54 Å². The molecule has 1 aliphatic rings. The molecule has 0 spiro atoms. The van der Waals surface area contributed by atoms with Crippen LogP contribution in [0.25, 0.3) is 0 Å². The summed E-state index contributed by atoms with van der Waals surface area (Å²) in [6, 6.07) is 0. The van der Waals surface area contributed by atoms with E-state index in [2.05, 4.69) is 13.8 Å². The summed E-state index contributed by atoms with van der Waals surface area (Å²) in [6.07, 6.45) is 7.24. The molecule has 1 fully saturated rings. The molecule has 3 nitrogen and oxygen atoms in total. The van der Waals surface area contributed by atoms with E-state index in [-0.39, 0.29) is 23.7 Å². The van der Waals surface area contributed by atoms with Gasteiger partial charge in [-0.3, -0.25) is 9.59 Å². The third-order valence-electron chi connectivity index (χ3n) is 7.16. The van der Waals surface area contributed by atoms with E-state index in [1.807, 2.05) is 20.8 Å². The van der Waals surface area contributed by atoms with Gasteiger partial charge in [-0.1, -0.05) is 61.3 Å². The number of carbonyl (C=O) groups excluding carboxylic acids is 2. The van der Waals surface area contributed by atoms with Crippen LogP contribution in [-0.2, 0) is 9.59 Å². The van der Waals surface area contributed by atoms with Gasteiger partial charge >= 0.3 is 5.92 Å². The lowest BCUT2D eigenvalue weighted by Gasteiger charge is -2.37. The van der Waals surface area contributed by atoms with Gasteiger partial charge in [0, 0.05) is 30.3 Å². The maximum absolute atomic E-state index is 14.7. The molecule has 5 heteroatoms. The number of amides is 1. The Bertz CT molecular complexity index is 572. The van der Waals surface area contributed by atoms with Crippen LogP contribution in [-0.4, -0.2) is 34.6 Å². The lowest BCUT2D eigenvalue weighted by Crippen LogP contribution is -2.52. The number of hydrogen-bond acceptors (Lipinski definition) is 2. The number of nitrogens with zero attached hydrogens (tertiary/aromatic N) is 1. The van der Waals surface area contributed by atoms with E-state index in [0.717, 1.165) is 44.9 Å². The number of carbonyl (C=O) groups is 2. The van der Waals surface area contributed by atoms with Crippen LogP contribution in [0.2, 0.25) is 0 Å². The Morgan fingerprint density at radius 3 is 2.00 bits per heavy atom. The van der Waals surface area contributed by atoms with Crippen molar-refractivity contribution >= 4 is 11.7 Å². The van der Waals surface area contributed by atoms with Gasteiger partial charge in [0.2, 0.25) is 0 Å². The van der Waals surface area contributed by atoms with Crippen molar-refractivity contribution < 1.29 is 18.4 Å². The summed E-state index contributed by atoms with van der Waals surface area (Å²) in [7, 11) is 0. The zero-order valence-corrected chi connectivity index (χ0v) is 21.1. The van der Waals surface area contributed by atoms with E-state index in [9.17, 15) is 18.4 Å². The number of ketones is 1. The monoisotopic (exact) mass is 443 g/mol. The second-order valence-electron chi connectivity index (χ2n) is 10.4. The zero-order valence-electron chi connectivity index (χ0n) is 21.1. The van der Waals surface area contributed by atoms with Crippen LogP contribution in [0, 0.1) is 23.7 Å². The summed E-state index contributed by atoms with van der Waals surface area (Å²) in [4.78, 5) is 27.6. The van der Waals surface area contributed by atoms with Gasteiger partial charge in [0.25, 0.3) is 5.91 Å². The van der Waals surface area contributed by atoms with Crippen LogP contribution >= 0.6 is 0 Å². The SMILES string of the molecule is CCCC[C@H](CC)C(=O)C(CC)C[C@@H](C)CN(C(=O)C(F)(F)CC(C)C)C1(CC)CC1. The molecule has 1 rings (SSSR count). The van der Waals surface area contributed by atoms with Crippen molar-refractivity contribution in [1.29, 1.82) is 0 Å². The summed E-state index contributed by atoms with van der Waals surface area (Å²) in [5, 5.41) is 0. The fraction of sp³-hybridized carbons (Fsp3) is 0.923. The number of hydrogen-bond donors (Lipinski definition) is 0. The first-order valence-electron chi connectivity index (χ1n) is 12.7. The van der Waals surface area contributed by atoms with Crippen molar-refractivity contribution in [3.05, 3.63) is 0 Å². The minimum Gasteiger partial charge on any atom is -0.332 e. The van der Waals surface area contributed by atoms with Crippen molar-refractivity contribution in [3.8, 4) is 0 Å². The Morgan fingerprint density at radius 2 is 1.58 bits per heavy atom. The maximum atomic E-state index is 14.7. The Kier molecular flexibility index (Phi) is 11.1. The lowest BCUT2D eigenvalue weighted by molar-refractivity contribution is -0.164. The average molecular weight is 444 g/mol. The van der Waals surface area contributed by atoms with Gasteiger partial charge in [-0.15, -0.1) is 0 Å². The molecule has 1 saturated carbocycles. The van der Waals surface area contributed by atoms with Gasteiger partial charge in [-0.2, -0.15) is 8.78 Å². The molecule has 1 unspecified atom stereocenters. The second kappa shape index (κ2) is 12.3.